The Morgan fingerprint density at radius 2 is 2.00 bits per heavy atom. The summed E-state index contributed by atoms with van der Waals surface area (Å²) in [5.74, 6) is 2.18. The fourth-order valence-corrected chi connectivity index (χ4v) is 2.59. The van der Waals surface area contributed by atoms with Crippen molar-refractivity contribution < 1.29 is 9.84 Å². The molecule has 0 spiro atoms. The number of aliphatic imine (C=N–C) groups is 1. The van der Waals surface area contributed by atoms with Crippen molar-refractivity contribution >= 4 is 29.9 Å². The fraction of sp³-hybridized carbons (Fsp3) is 0.632. The predicted octanol–water partition coefficient (Wildman–Crippen LogP) is 3.56. The first-order valence-corrected chi connectivity index (χ1v) is 9.08. The molecule has 5 nitrogen and oxygen atoms in total. The summed E-state index contributed by atoms with van der Waals surface area (Å²) in [5.41, 5.74) is 1.12. The summed E-state index contributed by atoms with van der Waals surface area (Å²) in [7, 11) is 0. The predicted molar refractivity (Wildman–Crippen MR) is 116 cm³/mol. The molecule has 6 heteroatoms. The average Bonchev–Trinajstić information content (AvgIpc) is 2.58. The number of rotatable bonds is 11. The minimum absolute atomic E-state index is 0. The Hall–Kier alpha value is -1.02. The first-order valence-electron chi connectivity index (χ1n) is 9.08. The van der Waals surface area contributed by atoms with Gasteiger partial charge in [0.05, 0.1) is 13.2 Å². The number of guanidine groups is 1. The van der Waals surface area contributed by atoms with Gasteiger partial charge in [-0.2, -0.15) is 0 Å². The maximum Gasteiger partial charge on any atom is 0.191 e. The summed E-state index contributed by atoms with van der Waals surface area (Å²) in [6, 6.07) is 8.04. The molecule has 0 amide bonds. The van der Waals surface area contributed by atoms with E-state index < -0.39 is 0 Å². The number of benzene rings is 1. The molecule has 3 N–H and O–H groups in total. The third kappa shape index (κ3) is 10.5. The fourth-order valence-electron chi connectivity index (χ4n) is 2.59. The zero-order valence-corrected chi connectivity index (χ0v) is 18.1. The molecule has 0 fully saturated rings. The van der Waals surface area contributed by atoms with Gasteiger partial charge in [0.25, 0.3) is 0 Å². The maximum absolute atomic E-state index is 9.17. The highest BCUT2D eigenvalue weighted by Gasteiger charge is 2.08. The molecule has 1 atom stereocenters. The van der Waals surface area contributed by atoms with E-state index in [-0.39, 0.29) is 30.6 Å². The van der Waals surface area contributed by atoms with Gasteiger partial charge >= 0.3 is 0 Å². The molecule has 0 saturated carbocycles. The van der Waals surface area contributed by atoms with Crippen LogP contribution in [0.2, 0.25) is 0 Å². The lowest BCUT2D eigenvalue weighted by molar-refractivity contribution is 0.251. The van der Waals surface area contributed by atoms with Crippen LogP contribution in [0.5, 0.6) is 5.75 Å². The van der Waals surface area contributed by atoms with Gasteiger partial charge in [0.15, 0.2) is 5.96 Å². The number of nitrogens with zero attached hydrogens (tertiary/aromatic N) is 1. The minimum atomic E-state index is 0. The van der Waals surface area contributed by atoms with Crippen molar-refractivity contribution in [3.63, 3.8) is 0 Å². The largest absolute Gasteiger partial charge is 0.494 e. The van der Waals surface area contributed by atoms with Crippen LogP contribution in [0.15, 0.2) is 29.3 Å². The minimum Gasteiger partial charge on any atom is -0.494 e. The zero-order chi connectivity index (χ0) is 17.6. The van der Waals surface area contributed by atoms with E-state index >= 15 is 0 Å². The Kier molecular flexibility index (Phi) is 14.6. The molecule has 0 radical (unpaired) electrons. The van der Waals surface area contributed by atoms with Gasteiger partial charge in [0, 0.05) is 19.7 Å². The second-order valence-electron chi connectivity index (χ2n) is 5.82. The molecule has 1 unspecified atom stereocenters. The van der Waals surface area contributed by atoms with Gasteiger partial charge in [-0.15, -0.1) is 24.0 Å². The molecule has 0 bridgehead atoms. The van der Waals surface area contributed by atoms with Crippen LogP contribution >= 0.6 is 24.0 Å². The second-order valence-corrected chi connectivity index (χ2v) is 5.82. The van der Waals surface area contributed by atoms with Crippen molar-refractivity contribution in [2.24, 2.45) is 10.9 Å². The highest BCUT2D eigenvalue weighted by Crippen LogP contribution is 2.14. The lowest BCUT2D eigenvalue weighted by Crippen LogP contribution is -2.40. The second kappa shape index (κ2) is 15.3. The third-order valence-electron chi connectivity index (χ3n) is 3.77. The van der Waals surface area contributed by atoms with Gasteiger partial charge in [-0.25, -0.2) is 4.99 Å². The number of halogens is 1. The van der Waals surface area contributed by atoms with Gasteiger partial charge in [0.2, 0.25) is 0 Å². The van der Waals surface area contributed by atoms with Gasteiger partial charge in [-0.1, -0.05) is 25.5 Å². The van der Waals surface area contributed by atoms with Gasteiger partial charge in [0.1, 0.15) is 5.75 Å². The van der Waals surface area contributed by atoms with Crippen LogP contribution in [-0.2, 0) is 6.54 Å². The molecule has 0 saturated heterocycles. The normalized spacial score (nSPS) is 12.2. The Morgan fingerprint density at radius 3 is 2.64 bits per heavy atom. The van der Waals surface area contributed by atoms with E-state index in [4.69, 9.17) is 9.84 Å². The first kappa shape index (κ1) is 24.0. The summed E-state index contributed by atoms with van der Waals surface area (Å²) in [6.45, 7) is 9.39. The van der Waals surface area contributed by atoms with Crippen LogP contribution in [0.1, 0.15) is 45.6 Å². The molecule has 25 heavy (non-hydrogen) atoms. The molecular weight excluding hydrogens is 429 g/mol. The van der Waals surface area contributed by atoms with E-state index in [1.807, 2.05) is 25.1 Å². The average molecular weight is 463 g/mol. The lowest BCUT2D eigenvalue weighted by Gasteiger charge is -2.18. The van der Waals surface area contributed by atoms with E-state index in [1.165, 1.54) is 0 Å². The van der Waals surface area contributed by atoms with Crippen LogP contribution in [0.4, 0.5) is 0 Å². The Morgan fingerprint density at radius 1 is 1.20 bits per heavy atom. The van der Waals surface area contributed by atoms with Gasteiger partial charge < -0.3 is 20.5 Å². The smallest absolute Gasteiger partial charge is 0.191 e. The molecule has 0 aromatic heterocycles. The van der Waals surface area contributed by atoms with Crippen molar-refractivity contribution in [1.29, 1.82) is 0 Å². The molecule has 144 valence electrons. The molecule has 1 rings (SSSR count). The molecule has 1 aromatic carbocycles. The summed E-state index contributed by atoms with van der Waals surface area (Å²) in [5, 5.41) is 15.8. The monoisotopic (exact) mass is 463 g/mol. The van der Waals surface area contributed by atoms with Crippen LogP contribution < -0.4 is 15.4 Å². The van der Waals surface area contributed by atoms with Crippen molar-refractivity contribution in [3.05, 3.63) is 29.8 Å². The molecule has 1 aromatic rings. The summed E-state index contributed by atoms with van der Waals surface area (Å²) < 4.78 is 5.53. The molecule has 0 aliphatic heterocycles. The Balaban J connectivity index is 0.00000576. The van der Waals surface area contributed by atoms with E-state index in [1.54, 1.807) is 0 Å². The van der Waals surface area contributed by atoms with Crippen molar-refractivity contribution in [2.75, 3.05) is 26.3 Å². The standard InChI is InChI=1S/C19H33N3O2.HI/c1-4-8-16(11-12-23)14-21-19(20-5-2)22-15-17-9-7-10-18(13-17)24-6-3;/h7,9-10,13,16,23H,4-6,8,11-12,14-15H2,1-3H3,(H2,20,21,22);1H. The molecular formula is C19H34IN3O2. The molecule has 0 heterocycles. The maximum atomic E-state index is 9.17. The lowest BCUT2D eigenvalue weighted by atomic mass is 10.0. The van der Waals surface area contributed by atoms with Gasteiger partial charge in [-0.3, -0.25) is 0 Å². The highest BCUT2D eigenvalue weighted by molar-refractivity contribution is 14.0. The number of ether oxygens (including phenoxy) is 1. The summed E-state index contributed by atoms with van der Waals surface area (Å²) >= 11 is 0. The van der Waals surface area contributed by atoms with E-state index in [9.17, 15) is 0 Å². The van der Waals surface area contributed by atoms with Crippen molar-refractivity contribution in [1.82, 2.24) is 10.6 Å². The topological polar surface area (TPSA) is 65.9 Å². The van der Waals surface area contributed by atoms with Crippen molar-refractivity contribution in [3.8, 4) is 5.75 Å². The van der Waals surface area contributed by atoms with Crippen LogP contribution in [0, 0.1) is 5.92 Å². The Bertz CT molecular complexity index is 477. The quantitative estimate of drug-likeness (QED) is 0.267. The number of hydrogen-bond donors (Lipinski definition) is 3. The van der Waals surface area contributed by atoms with E-state index in [0.29, 0.717) is 19.1 Å². The Labute approximate surface area is 169 Å². The molecule has 0 aliphatic carbocycles. The third-order valence-corrected chi connectivity index (χ3v) is 3.77. The first-order chi connectivity index (χ1) is 11.7. The number of aliphatic hydroxyl groups excluding tert-OH is 1. The van der Waals surface area contributed by atoms with Crippen molar-refractivity contribution in [2.45, 2.75) is 46.6 Å². The van der Waals surface area contributed by atoms with Crippen LogP contribution in [0.25, 0.3) is 0 Å². The van der Waals surface area contributed by atoms with Gasteiger partial charge in [-0.05, 0) is 50.3 Å². The molecule has 0 aliphatic rings. The number of nitrogens with one attached hydrogen (secondary N) is 2. The van der Waals surface area contributed by atoms with Crippen LogP contribution in [-0.4, -0.2) is 37.4 Å². The SMILES string of the molecule is CCCC(CCO)CNC(=NCc1cccc(OCC)c1)NCC.I. The summed E-state index contributed by atoms with van der Waals surface area (Å²) in [6.07, 6.45) is 3.07. The van der Waals surface area contributed by atoms with E-state index in [0.717, 1.165) is 49.6 Å². The van der Waals surface area contributed by atoms with E-state index in [2.05, 4.69) is 35.5 Å². The van der Waals surface area contributed by atoms with Crippen LogP contribution in [0.3, 0.4) is 0 Å². The summed E-state index contributed by atoms with van der Waals surface area (Å²) in [4.78, 5) is 4.65. The highest BCUT2D eigenvalue weighted by atomic mass is 127. The zero-order valence-electron chi connectivity index (χ0n) is 15.8. The number of aliphatic hydroxyl groups is 1. The number of hydrogen-bond acceptors (Lipinski definition) is 3.